The Morgan fingerprint density at radius 3 is 2.42 bits per heavy atom. The zero-order valence-corrected chi connectivity index (χ0v) is 20.4. The fraction of sp³-hybridized carbons (Fsp3) is 0.250. The second-order valence-corrected chi connectivity index (χ2v) is 8.28. The fourth-order valence-electron chi connectivity index (χ4n) is 4.18. The quantitative estimate of drug-likeness (QED) is 0.269. The number of aliphatic hydroxyl groups is 1. The van der Waals surface area contributed by atoms with E-state index in [1.54, 1.807) is 60.9 Å². The number of ether oxygens (including phenoxy) is 3. The number of methoxy groups -OCH3 is 2. The van der Waals surface area contributed by atoms with Crippen LogP contribution in [-0.2, 0) is 16.1 Å². The molecule has 1 atom stereocenters. The van der Waals surface area contributed by atoms with Crippen LogP contribution in [0.1, 0.15) is 36.1 Å². The molecule has 1 N–H and O–H groups in total. The van der Waals surface area contributed by atoms with Gasteiger partial charge in [-0.1, -0.05) is 25.1 Å². The average Bonchev–Trinajstić information content (AvgIpc) is 3.16. The summed E-state index contributed by atoms with van der Waals surface area (Å²) >= 11 is 0. The number of aliphatic hydroxyl groups excluding tert-OH is 1. The third-order valence-electron chi connectivity index (χ3n) is 5.94. The Hall–Kier alpha value is -4.33. The summed E-state index contributed by atoms with van der Waals surface area (Å²) in [4.78, 5) is 32.1. The van der Waals surface area contributed by atoms with Gasteiger partial charge >= 0.3 is 0 Å². The van der Waals surface area contributed by atoms with E-state index in [-0.39, 0.29) is 17.9 Å². The van der Waals surface area contributed by atoms with Gasteiger partial charge in [-0.3, -0.25) is 14.6 Å². The number of carbonyl (C=O) groups is 2. The van der Waals surface area contributed by atoms with E-state index in [1.807, 2.05) is 13.0 Å². The van der Waals surface area contributed by atoms with Crippen molar-refractivity contribution in [2.24, 2.45) is 0 Å². The molecule has 4 rings (SSSR count). The van der Waals surface area contributed by atoms with Crippen molar-refractivity contribution in [1.82, 2.24) is 9.88 Å². The normalized spacial score (nSPS) is 16.8. The minimum Gasteiger partial charge on any atom is -0.507 e. The summed E-state index contributed by atoms with van der Waals surface area (Å²) in [5.41, 5.74) is 1.76. The number of hydrogen-bond donors (Lipinski definition) is 1. The van der Waals surface area contributed by atoms with E-state index in [2.05, 4.69) is 4.98 Å². The van der Waals surface area contributed by atoms with Crippen LogP contribution in [0.3, 0.4) is 0 Å². The standard InChI is InChI=1S/C28H28N2O6/c1-4-14-36-21-10-7-19(8-11-21)25-24(26(31)20-9-12-22(34-2)23(15-20)35-3)27(32)28(33)30(25)17-18-6-5-13-29-16-18/h5-13,15-16,25,31H,4,14,17H2,1-3H3/t25-/m1/s1. The van der Waals surface area contributed by atoms with Gasteiger partial charge in [0.25, 0.3) is 11.7 Å². The Kier molecular flexibility index (Phi) is 7.53. The highest BCUT2D eigenvalue weighted by molar-refractivity contribution is 6.46. The first-order valence-electron chi connectivity index (χ1n) is 11.6. The summed E-state index contributed by atoms with van der Waals surface area (Å²) in [5, 5.41) is 11.3. The van der Waals surface area contributed by atoms with Crippen LogP contribution < -0.4 is 14.2 Å². The van der Waals surface area contributed by atoms with Crippen LogP contribution in [0.5, 0.6) is 17.2 Å². The Labute approximate surface area is 209 Å². The number of rotatable bonds is 9. The number of carbonyl (C=O) groups excluding carboxylic acids is 2. The van der Waals surface area contributed by atoms with Gasteiger partial charge in [-0.25, -0.2) is 0 Å². The number of nitrogens with zero attached hydrogens (tertiary/aromatic N) is 2. The molecule has 0 aliphatic carbocycles. The van der Waals surface area contributed by atoms with Gasteiger partial charge in [0.15, 0.2) is 11.5 Å². The van der Waals surface area contributed by atoms with E-state index >= 15 is 0 Å². The van der Waals surface area contributed by atoms with Gasteiger partial charge in [0.1, 0.15) is 11.5 Å². The predicted molar refractivity (Wildman–Crippen MR) is 134 cm³/mol. The first-order valence-corrected chi connectivity index (χ1v) is 11.6. The van der Waals surface area contributed by atoms with Crippen LogP contribution in [0.25, 0.3) is 5.76 Å². The zero-order valence-electron chi connectivity index (χ0n) is 20.4. The van der Waals surface area contributed by atoms with Crippen molar-refractivity contribution < 1.29 is 28.9 Å². The maximum atomic E-state index is 13.3. The van der Waals surface area contributed by atoms with E-state index in [0.29, 0.717) is 35.0 Å². The Morgan fingerprint density at radius 1 is 1.03 bits per heavy atom. The number of hydrogen-bond acceptors (Lipinski definition) is 7. The first kappa shape index (κ1) is 24.8. The lowest BCUT2D eigenvalue weighted by Crippen LogP contribution is -2.29. The Morgan fingerprint density at radius 2 is 1.78 bits per heavy atom. The van der Waals surface area contributed by atoms with Crippen molar-refractivity contribution in [2.45, 2.75) is 25.9 Å². The van der Waals surface area contributed by atoms with E-state index in [0.717, 1.165) is 12.0 Å². The van der Waals surface area contributed by atoms with Crippen molar-refractivity contribution in [3.63, 3.8) is 0 Å². The van der Waals surface area contributed by atoms with E-state index in [4.69, 9.17) is 14.2 Å². The van der Waals surface area contributed by atoms with Crippen LogP contribution in [-0.4, -0.2) is 47.5 Å². The van der Waals surface area contributed by atoms with E-state index in [1.165, 1.54) is 19.1 Å². The minimum absolute atomic E-state index is 0.00154. The zero-order chi connectivity index (χ0) is 25.7. The Balaban J connectivity index is 1.82. The maximum absolute atomic E-state index is 13.3. The molecule has 0 unspecified atom stereocenters. The molecule has 8 nitrogen and oxygen atoms in total. The summed E-state index contributed by atoms with van der Waals surface area (Å²) < 4.78 is 16.3. The summed E-state index contributed by atoms with van der Waals surface area (Å²) in [6.07, 6.45) is 4.16. The van der Waals surface area contributed by atoms with Crippen LogP contribution in [0.2, 0.25) is 0 Å². The second kappa shape index (κ2) is 10.9. The lowest BCUT2D eigenvalue weighted by Gasteiger charge is -2.25. The van der Waals surface area contributed by atoms with Gasteiger partial charge in [-0.15, -0.1) is 0 Å². The average molecular weight is 489 g/mol. The number of likely N-dealkylation sites (tertiary alicyclic amines) is 1. The van der Waals surface area contributed by atoms with Crippen LogP contribution in [0.15, 0.2) is 72.6 Å². The van der Waals surface area contributed by atoms with Gasteiger partial charge in [-0.05, 0) is 53.9 Å². The topological polar surface area (TPSA) is 98.2 Å². The first-order chi connectivity index (χ1) is 17.5. The van der Waals surface area contributed by atoms with Crippen molar-refractivity contribution in [1.29, 1.82) is 0 Å². The van der Waals surface area contributed by atoms with Crippen molar-refractivity contribution in [3.05, 3.63) is 89.3 Å². The number of aromatic nitrogens is 1. The lowest BCUT2D eigenvalue weighted by molar-refractivity contribution is -0.140. The molecule has 2 heterocycles. The summed E-state index contributed by atoms with van der Waals surface area (Å²) in [6.45, 7) is 2.76. The summed E-state index contributed by atoms with van der Waals surface area (Å²) in [7, 11) is 2.99. The molecule has 1 aliphatic rings. The molecule has 0 radical (unpaired) electrons. The highest BCUT2D eigenvalue weighted by atomic mass is 16.5. The third-order valence-corrected chi connectivity index (χ3v) is 5.94. The monoisotopic (exact) mass is 488 g/mol. The fourth-order valence-corrected chi connectivity index (χ4v) is 4.18. The van der Waals surface area contributed by atoms with E-state index < -0.39 is 17.7 Å². The molecule has 3 aromatic rings. The van der Waals surface area contributed by atoms with Gasteiger partial charge in [-0.2, -0.15) is 0 Å². The van der Waals surface area contributed by atoms with Gasteiger partial charge in [0.05, 0.1) is 32.4 Å². The highest BCUT2D eigenvalue weighted by Crippen LogP contribution is 2.41. The van der Waals surface area contributed by atoms with E-state index in [9.17, 15) is 14.7 Å². The largest absolute Gasteiger partial charge is 0.507 e. The second-order valence-electron chi connectivity index (χ2n) is 8.28. The summed E-state index contributed by atoms with van der Waals surface area (Å²) in [5.74, 6) is -0.200. The van der Waals surface area contributed by atoms with Gasteiger partial charge in [0, 0.05) is 24.5 Å². The molecule has 36 heavy (non-hydrogen) atoms. The molecule has 1 fully saturated rings. The molecule has 1 saturated heterocycles. The van der Waals surface area contributed by atoms with Crippen molar-refractivity contribution in [3.8, 4) is 17.2 Å². The SMILES string of the molecule is CCCOc1ccc([C@@H]2C(=C(O)c3ccc(OC)c(OC)c3)C(=O)C(=O)N2Cc2cccnc2)cc1. The van der Waals surface area contributed by atoms with Crippen LogP contribution in [0, 0.1) is 0 Å². The van der Waals surface area contributed by atoms with Crippen LogP contribution in [0.4, 0.5) is 0 Å². The maximum Gasteiger partial charge on any atom is 0.295 e. The number of pyridine rings is 1. The summed E-state index contributed by atoms with van der Waals surface area (Å²) in [6, 6.07) is 14.8. The highest BCUT2D eigenvalue weighted by Gasteiger charge is 2.46. The molecule has 2 aromatic carbocycles. The van der Waals surface area contributed by atoms with Crippen molar-refractivity contribution >= 4 is 17.4 Å². The van der Waals surface area contributed by atoms with Gasteiger partial charge < -0.3 is 24.2 Å². The number of benzene rings is 2. The van der Waals surface area contributed by atoms with Crippen LogP contribution >= 0.6 is 0 Å². The molecular formula is C28H28N2O6. The number of amides is 1. The lowest BCUT2D eigenvalue weighted by atomic mass is 9.95. The van der Waals surface area contributed by atoms with Gasteiger partial charge in [0.2, 0.25) is 0 Å². The Bertz CT molecular complexity index is 1270. The molecule has 1 amide bonds. The number of Topliss-reactive ketones (excluding diaryl/α,β-unsaturated/α-hetero) is 1. The number of ketones is 1. The molecule has 186 valence electrons. The predicted octanol–water partition coefficient (Wildman–Crippen LogP) is 4.51. The molecule has 0 spiro atoms. The third kappa shape index (κ3) is 4.88. The van der Waals surface area contributed by atoms with Crippen molar-refractivity contribution in [2.75, 3.05) is 20.8 Å². The molecule has 1 aliphatic heterocycles. The molecule has 0 bridgehead atoms. The molecule has 8 heteroatoms. The molecule has 1 aromatic heterocycles. The molecule has 0 saturated carbocycles. The minimum atomic E-state index is -0.807. The smallest absolute Gasteiger partial charge is 0.295 e. The molecular weight excluding hydrogens is 460 g/mol.